The van der Waals surface area contributed by atoms with Gasteiger partial charge in [-0.25, -0.2) is 0 Å². The maximum atomic E-state index is 12.1. The average molecular weight is 279 g/mol. The Morgan fingerprint density at radius 3 is 2.29 bits per heavy atom. The molecule has 100 valence electrons. The highest BCUT2D eigenvalue weighted by atomic mass is 32.2. The predicted octanol–water partition coefficient (Wildman–Crippen LogP) is 0.761. The van der Waals surface area contributed by atoms with Gasteiger partial charge in [0.1, 0.15) is 0 Å². The molecule has 5 nitrogen and oxygen atoms in total. The monoisotopic (exact) mass is 279 g/mol. The first-order valence-electron chi connectivity index (χ1n) is 6.04. The van der Waals surface area contributed by atoms with Gasteiger partial charge in [0.2, 0.25) is 0 Å². The number of nitrogens with zero attached hydrogens (tertiary/aromatic N) is 1. The Labute approximate surface area is 109 Å². The zero-order valence-electron chi connectivity index (χ0n) is 10.2. The van der Waals surface area contributed by atoms with Crippen molar-refractivity contribution < 1.29 is 8.42 Å². The van der Waals surface area contributed by atoms with E-state index in [1.54, 1.807) is 0 Å². The summed E-state index contributed by atoms with van der Waals surface area (Å²) >= 11 is 4.84. The summed E-state index contributed by atoms with van der Waals surface area (Å²) in [5.74, 6) is 0. The highest BCUT2D eigenvalue weighted by molar-refractivity contribution is 7.87. The van der Waals surface area contributed by atoms with Crippen LogP contribution in [-0.4, -0.2) is 36.8 Å². The van der Waals surface area contributed by atoms with E-state index in [9.17, 15) is 8.42 Å². The van der Waals surface area contributed by atoms with E-state index < -0.39 is 16.3 Å². The largest absolute Gasteiger partial charge is 0.392 e. The van der Waals surface area contributed by atoms with Gasteiger partial charge in [0.25, 0.3) is 10.2 Å². The van der Waals surface area contributed by atoms with E-state index in [0.29, 0.717) is 19.5 Å². The normalized spacial score (nSPS) is 20.8. The van der Waals surface area contributed by atoms with Gasteiger partial charge in [-0.2, -0.15) is 17.4 Å². The summed E-state index contributed by atoms with van der Waals surface area (Å²) in [5.41, 5.74) is 5.50. The lowest BCUT2D eigenvalue weighted by Crippen LogP contribution is -2.49. The zero-order chi connectivity index (χ0) is 12.9. The first kappa shape index (κ1) is 14.8. The van der Waals surface area contributed by atoms with Crippen molar-refractivity contribution in [1.82, 2.24) is 9.03 Å². The van der Waals surface area contributed by atoms with Gasteiger partial charge in [0.15, 0.2) is 0 Å². The van der Waals surface area contributed by atoms with Crippen molar-refractivity contribution in [3.63, 3.8) is 0 Å². The molecular weight excluding hydrogens is 258 g/mol. The Kier molecular flexibility index (Phi) is 5.78. The minimum absolute atomic E-state index is 0.200. The first-order chi connectivity index (χ1) is 7.97. The topological polar surface area (TPSA) is 75.4 Å². The fraction of sp³-hybridized carbons (Fsp3) is 0.900. The van der Waals surface area contributed by atoms with E-state index in [2.05, 4.69) is 4.72 Å². The Balaban J connectivity index is 2.68. The third kappa shape index (κ3) is 4.50. The highest BCUT2D eigenvalue weighted by Crippen LogP contribution is 2.13. The number of rotatable bonds is 5. The molecule has 0 aromatic rings. The van der Waals surface area contributed by atoms with Crippen LogP contribution in [0.1, 0.15) is 39.0 Å². The summed E-state index contributed by atoms with van der Waals surface area (Å²) in [6.07, 6.45) is 4.61. The van der Waals surface area contributed by atoms with Crippen LogP contribution in [0.3, 0.4) is 0 Å². The molecule has 1 aliphatic heterocycles. The molecule has 0 bridgehead atoms. The van der Waals surface area contributed by atoms with Gasteiger partial charge in [-0.3, -0.25) is 0 Å². The van der Waals surface area contributed by atoms with E-state index in [4.69, 9.17) is 18.0 Å². The molecule has 0 aromatic heterocycles. The average Bonchev–Trinajstić information content (AvgIpc) is 2.54. The SMILES string of the molecule is CCC(NS(=O)(=O)N1CCCCCC1)C(N)=S. The molecule has 1 unspecified atom stereocenters. The molecule has 7 heteroatoms. The van der Waals surface area contributed by atoms with Crippen molar-refractivity contribution in [2.45, 2.75) is 45.1 Å². The molecule has 0 aliphatic carbocycles. The third-order valence-corrected chi connectivity index (χ3v) is 4.86. The number of nitrogens with two attached hydrogens (primary N) is 1. The van der Waals surface area contributed by atoms with Crippen LogP contribution in [0.5, 0.6) is 0 Å². The van der Waals surface area contributed by atoms with Gasteiger partial charge in [-0.1, -0.05) is 32.0 Å². The standard InChI is InChI=1S/C10H21N3O2S2/c1-2-9(10(11)16)12-17(14,15)13-7-5-3-4-6-8-13/h9,12H,2-8H2,1H3,(H2,11,16). The predicted molar refractivity (Wildman–Crippen MR) is 73.0 cm³/mol. The lowest BCUT2D eigenvalue weighted by atomic mass is 10.2. The molecule has 1 saturated heterocycles. The van der Waals surface area contributed by atoms with Gasteiger partial charge in [-0.15, -0.1) is 0 Å². The maximum Gasteiger partial charge on any atom is 0.280 e. The molecule has 3 N–H and O–H groups in total. The lowest BCUT2D eigenvalue weighted by Gasteiger charge is -2.23. The second kappa shape index (κ2) is 6.63. The molecule has 1 aliphatic rings. The number of thiocarbonyl (C=S) groups is 1. The molecule has 0 radical (unpaired) electrons. The molecule has 0 saturated carbocycles. The van der Waals surface area contributed by atoms with Crippen LogP contribution in [0.15, 0.2) is 0 Å². The van der Waals surface area contributed by atoms with Gasteiger partial charge in [-0.05, 0) is 19.3 Å². The van der Waals surface area contributed by atoms with E-state index in [1.807, 2.05) is 6.92 Å². The van der Waals surface area contributed by atoms with Crippen molar-refractivity contribution in [1.29, 1.82) is 0 Å². The quantitative estimate of drug-likeness (QED) is 0.729. The minimum atomic E-state index is -3.45. The molecule has 0 amide bonds. The summed E-state index contributed by atoms with van der Waals surface area (Å²) in [6, 6.07) is -0.446. The van der Waals surface area contributed by atoms with Crippen LogP contribution in [0.2, 0.25) is 0 Å². The van der Waals surface area contributed by atoms with Gasteiger partial charge >= 0.3 is 0 Å². The molecule has 0 spiro atoms. The second-order valence-corrected chi connectivity index (χ2v) is 6.47. The maximum absolute atomic E-state index is 12.1. The zero-order valence-corrected chi connectivity index (χ0v) is 11.8. The van der Waals surface area contributed by atoms with Crippen LogP contribution in [0.25, 0.3) is 0 Å². The van der Waals surface area contributed by atoms with Crippen LogP contribution in [0.4, 0.5) is 0 Å². The molecule has 1 atom stereocenters. The van der Waals surface area contributed by atoms with Crippen molar-refractivity contribution in [2.75, 3.05) is 13.1 Å². The summed E-state index contributed by atoms with van der Waals surface area (Å²) in [7, 11) is -3.45. The number of hydrogen-bond donors (Lipinski definition) is 2. The fourth-order valence-corrected chi connectivity index (χ4v) is 3.72. The van der Waals surface area contributed by atoms with Crippen LogP contribution >= 0.6 is 12.2 Å². The molecule has 1 heterocycles. The van der Waals surface area contributed by atoms with Crippen molar-refractivity contribution >= 4 is 27.4 Å². The van der Waals surface area contributed by atoms with E-state index in [1.165, 1.54) is 4.31 Å². The Morgan fingerprint density at radius 2 is 1.88 bits per heavy atom. The van der Waals surface area contributed by atoms with Crippen molar-refractivity contribution in [2.24, 2.45) is 5.73 Å². The second-order valence-electron chi connectivity index (χ2n) is 4.30. The number of nitrogens with one attached hydrogen (secondary N) is 1. The van der Waals surface area contributed by atoms with Crippen molar-refractivity contribution in [3.05, 3.63) is 0 Å². The summed E-state index contributed by atoms with van der Waals surface area (Å²) in [6.45, 7) is 3.03. The third-order valence-electron chi connectivity index (χ3n) is 2.95. The summed E-state index contributed by atoms with van der Waals surface area (Å²) in [4.78, 5) is 0.200. The lowest BCUT2D eigenvalue weighted by molar-refractivity contribution is 0.412. The Morgan fingerprint density at radius 1 is 1.35 bits per heavy atom. The van der Waals surface area contributed by atoms with E-state index in [0.717, 1.165) is 25.7 Å². The minimum Gasteiger partial charge on any atom is -0.392 e. The highest BCUT2D eigenvalue weighted by Gasteiger charge is 2.26. The summed E-state index contributed by atoms with van der Waals surface area (Å²) in [5, 5.41) is 0. The van der Waals surface area contributed by atoms with Crippen LogP contribution < -0.4 is 10.5 Å². The van der Waals surface area contributed by atoms with Crippen molar-refractivity contribution in [3.8, 4) is 0 Å². The van der Waals surface area contributed by atoms with Gasteiger partial charge < -0.3 is 5.73 Å². The molecule has 17 heavy (non-hydrogen) atoms. The van der Waals surface area contributed by atoms with E-state index >= 15 is 0 Å². The molecule has 1 fully saturated rings. The summed E-state index contributed by atoms with van der Waals surface area (Å²) < 4.78 is 28.3. The fourth-order valence-electron chi connectivity index (χ4n) is 1.88. The van der Waals surface area contributed by atoms with Crippen LogP contribution in [0, 0.1) is 0 Å². The van der Waals surface area contributed by atoms with Gasteiger partial charge in [0, 0.05) is 13.1 Å². The Bertz CT molecular complexity index is 349. The molecular formula is C10H21N3O2S2. The molecule has 0 aromatic carbocycles. The Hall–Kier alpha value is -0.240. The van der Waals surface area contributed by atoms with Crippen LogP contribution in [-0.2, 0) is 10.2 Å². The van der Waals surface area contributed by atoms with E-state index in [-0.39, 0.29) is 4.99 Å². The van der Waals surface area contributed by atoms with Gasteiger partial charge in [0.05, 0.1) is 11.0 Å². The molecule has 1 rings (SSSR count). The smallest absolute Gasteiger partial charge is 0.280 e. The first-order valence-corrected chi connectivity index (χ1v) is 7.89. The number of hydrogen-bond acceptors (Lipinski definition) is 3.